The molecule has 1 N–H and O–H groups in total. The molecule has 67 heavy (non-hydrogen) atoms. The van der Waals surface area contributed by atoms with Gasteiger partial charge in [0.15, 0.2) is 6.10 Å². The van der Waals surface area contributed by atoms with Crippen molar-refractivity contribution in [2.45, 2.75) is 245 Å². The average Bonchev–Trinajstić information content (AvgIpc) is 3.33. The number of aliphatic hydroxyl groups is 1. The number of rotatable bonds is 49. The molecule has 0 saturated heterocycles. The van der Waals surface area contributed by atoms with Crippen molar-refractivity contribution >= 4 is 11.9 Å². The first-order valence-corrected chi connectivity index (χ1v) is 27.6. The first-order valence-electron chi connectivity index (χ1n) is 27.6. The van der Waals surface area contributed by atoms with Crippen LogP contribution in [0.5, 0.6) is 0 Å². The van der Waals surface area contributed by atoms with Crippen LogP contribution in [0.1, 0.15) is 239 Å². The smallest absolute Gasteiger partial charge is 0.306 e. The summed E-state index contributed by atoms with van der Waals surface area (Å²) in [5.74, 6) is -0.621. The van der Waals surface area contributed by atoms with Crippen molar-refractivity contribution in [1.82, 2.24) is 0 Å². The van der Waals surface area contributed by atoms with Gasteiger partial charge in [0.1, 0.15) is 6.61 Å². The highest BCUT2D eigenvalue weighted by molar-refractivity contribution is 5.70. The van der Waals surface area contributed by atoms with E-state index in [2.05, 4.69) is 135 Å². The second-order valence-electron chi connectivity index (χ2n) is 17.9. The highest BCUT2D eigenvalue weighted by Gasteiger charge is 2.16. The van der Waals surface area contributed by atoms with Gasteiger partial charge in [-0.15, -0.1) is 0 Å². The molecule has 0 saturated carbocycles. The van der Waals surface area contributed by atoms with Crippen LogP contribution in [-0.4, -0.2) is 36.4 Å². The third-order valence-corrected chi connectivity index (χ3v) is 11.5. The van der Waals surface area contributed by atoms with Crippen molar-refractivity contribution < 1.29 is 24.2 Å². The number of allylic oxidation sites excluding steroid dienone is 20. The second kappa shape index (κ2) is 56.6. The molecule has 1 unspecified atom stereocenters. The van der Waals surface area contributed by atoms with Crippen LogP contribution in [0.4, 0.5) is 0 Å². The Hall–Kier alpha value is -3.70. The van der Waals surface area contributed by atoms with Crippen molar-refractivity contribution in [3.05, 3.63) is 122 Å². The summed E-state index contributed by atoms with van der Waals surface area (Å²) in [5, 5.41) is 9.63. The fraction of sp³-hybridized carbons (Fsp3) is 0.645. The maximum atomic E-state index is 12.3. The number of unbranched alkanes of at least 4 members (excludes halogenated alkanes) is 21. The summed E-state index contributed by atoms with van der Waals surface area (Å²) in [6.45, 7) is 4.01. The number of carbonyl (C=O) groups excluding carboxylic acids is 2. The van der Waals surface area contributed by atoms with Gasteiger partial charge in [0.05, 0.1) is 6.61 Å². The van der Waals surface area contributed by atoms with E-state index in [1.807, 2.05) is 0 Å². The molecule has 0 rings (SSSR count). The summed E-state index contributed by atoms with van der Waals surface area (Å²) in [4.78, 5) is 24.5. The SMILES string of the molecule is CC/C=C\C/C=C\C/C=C\C/C=C\C/C=C\C/C=C\C/C=C\C/C=C\C/C=C\C/C=C\CCCCCCC(=O)OC(CO)COC(=O)CCCCCCCCCCCCCCCCCCCC. The molecule has 0 aliphatic rings. The van der Waals surface area contributed by atoms with Gasteiger partial charge in [-0.2, -0.15) is 0 Å². The maximum Gasteiger partial charge on any atom is 0.306 e. The zero-order chi connectivity index (χ0) is 48.5. The topological polar surface area (TPSA) is 72.8 Å². The molecular weight excluding hydrogens is 825 g/mol. The minimum atomic E-state index is -0.792. The van der Waals surface area contributed by atoms with Crippen molar-refractivity contribution in [2.24, 2.45) is 0 Å². The predicted molar refractivity (Wildman–Crippen MR) is 292 cm³/mol. The molecule has 5 heteroatoms. The molecular formula is C62H102O5. The highest BCUT2D eigenvalue weighted by atomic mass is 16.6. The Kier molecular flexibility index (Phi) is 53.5. The summed E-state index contributed by atoms with van der Waals surface area (Å²) in [6, 6.07) is 0. The van der Waals surface area contributed by atoms with E-state index in [4.69, 9.17) is 9.47 Å². The number of hydrogen-bond acceptors (Lipinski definition) is 5. The van der Waals surface area contributed by atoms with E-state index in [9.17, 15) is 14.7 Å². The summed E-state index contributed by atoms with van der Waals surface area (Å²) < 4.78 is 10.7. The summed E-state index contributed by atoms with van der Waals surface area (Å²) >= 11 is 0. The van der Waals surface area contributed by atoms with Gasteiger partial charge in [-0.1, -0.05) is 257 Å². The summed E-state index contributed by atoms with van der Waals surface area (Å²) in [6.07, 6.45) is 83.0. The van der Waals surface area contributed by atoms with Crippen molar-refractivity contribution in [3.8, 4) is 0 Å². The van der Waals surface area contributed by atoms with Gasteiger partial charge in [-0.05, 0) is 89.9 Å². The molecule has 0 spiro atoms. The van der Waals surface area contributed by atoms with Crippen LogP contribution in [0.15, 0.2) is 122 Å². The van der Waals surface area contributed by atoms with E-state index in [1.54, 1.807) is 0 Å². The molecule has 0 bridgehead atoms. The van der Waals surface area contributed by atoms with Gasteiger partial charge < -0.3 is 14.6 Å². The minimum Gasteiger partial charge on any atom is -0.462 e. The highest BCUT2D eigenvalue weighted by Crippen LogP contribution is 2.15. The molecule has 0 aliphatic carbocycles. The number of ether oxygens (including phenoxy) is 2. The van der Waals surface area contributed by atoms with E-state index >= 15 is 0 Å². The first kappa shape index (κ1) is 63.3. The lowest BCUT2D eigenvalue weighted by molar-refractivity contribution is -0.161. The molecule has 0 radical (unpaired) electrons. The molecule has 0 aromatic carbocycles. The van der Waals surface area contributed by atoms with Crippen LogP contribution in [0.2, 0.25) is 0 Å². The number of esters is 2. The molecule has 5 nitrogen and oxygen atoms in total. The van der Waals surface area contributed by atoms with E-state index in [-0.39, 0.29) is 25.2 Å². The van der Waals surface area contributed by atoms with Gasteiger partial charge in [0, 0.05) is 12.8 Å². The molecule has 1 atom stereocenters. The third kappa shape index (κ3) is 54.8. The lowest BCUT2D eigenvalue weighted by atomic mass is 10.0. The molecule has 0 heterocycles. The van der Waals surface area contributed by atoms with Crippen LogP contribution >= 0.6 is 0 Å². The lowest BCUT2D eigenvalue weighted by Crippen LogP contribution is -2.28. The molecule has 0 amide bonds. The Morgan fingerprint density at radius 3 is 0.970 bits per heavy atom. The van der Waals surface area contributed by atoms with Gasteiger partial charge in [0.2, 0.25) is 0 Å². The Morgan fingerprint density at radius 2 is 0.642 bits per heavy atom. The lowest BCUT2D eigenvalue weighted by Gasteiger charge is -2.15. The zero-order valence-corrected chi connectivity index (χ0v) is 43.4. The van der Waals surface area contributed by atoms with Crippen LogP contribution in [0.3, 0.4) is 0 Å². The monoisotopic (exact) mass is 927 g/mol. The third-order valence-electron chi connectivity index (χ3n) is 11.5. The van der Waals surface area contributed by atoms with E-state index in [0.29, 0.717) is 12.8 Å². The van der Waals surface area contributed by atoms with Gasteiger partial charge in [-0.3, -0.25) is 9.59 Å². The summed E-state index contributed by atoms with van der Waals surface area (Å²) in [7, 11) is 0. The van der Waals surface area contributed by atoms with Crippen molar-refractivity contribution in [2.75, 3.05) is 13.2 Å². The van der Waals surface area contributed by atoms with Crippen LogP contribution in [0, 0.1) is 0 Å². The van der Waals surface area contributed by atoms with Crippen LogP contribution < -0.4 is 0 Å². The van der Waals surface area contributed by atoms with E-state index in [1.165, 1.54) is 96.3 Å². The maximum absolute atomic E-state index is 12.3. The predicted octanol–water partition coefficient (Wildman–Crippen LogP) is 18.7. The number of hydrogen-bond donors (Lipinski definition) is 1. The number of carbonyl (C=O) groups is 2. The minimum absolute atomic E-state index is 0.0806. The molecule has 0 aromatic heterocycles. The fourth-order valence-corrected chi connectivity index (χ4v) is 7.41. The quantitative estimate of drug-likeness (QED) is 0.0374. The standard InChI is InChI=1S/C62H102O5/c1-3-5-7-9-11-13-15-17-19-21-23-24-25-26-27-28-29-30-31-32-33-34-35-36-37-38-39-41-43-45-47-49-51-53-55-57-62(65)67-60(58-63)59-66-61(64)56-54-52-50-48-46-44-42-40-22-20-18-16-14-12-10-8-6-4-2/h5,7,11,13,17,19,23-24,26-27,29-30,32-33,35-36,38-39,43,45,60,63H,3-4,6,8-10,12,14-16,18,20-22,25,28,31,34,37,40-42,44,46-59H2,1-2H3/b7-5-,13-11-,19-17-,24-23-,27-26-,30-29-,33-32-,36-35-,39-38-,45-43-. The van der Waals surface area contributed by atoms with Gasteiger partial charge >= 0.3 is 11.9 Å². The van der Waals surface area contributed by atoms with E-state index < -0.39 is 6.10 Å². The van der Waals surface area contributed by atoms with Crippen molar-refractivity contribution in [3.63, 3.8) is 0 Å². The molecule has 0 aromatic rings. The van der Waals surface area contributed by atoms with Gasteiger partial charge in [0.25, 0.3) is 0 Å². The van der Waals surface area contributed by atoms with Crippen molar-refractivity contribution in [1.29, 1.82) is 0 Å². The average molecular weight is 927 g/mol. The normalized spacial score (nSPS) is 13.2. The largest absolute Gasteiger partial charge is 0.462 e. The van der Waals surface area contributed by atoms with Crippen LogP contribution in [0.25, 0.3) is 0 Å². The second-order valence-corrected chi connectivity index (χ2v) is 17.9. The number of aliphatic hydroxyl groups excluding tert-OH is 1. The zero-order valence-electron chi connectivity index (χ0n) is 43.4. The fourth-order valence-electron chi connectivity index (χ4n) is 7.41. The molecule has 0 fully saturated rings. The first-order chi connectivity index (χ1) is 33.1. The molecule has 380 valence electrons. The Morgan fingerprint density at radius 1 is 0.358 bits per heavy atom. The Bertz CT molecular complexity index is 1370. The van der Waals surface area contributed by atoms with E-state index in [0.717, 1.165) is 116 Å². The Balaban J connectivity index is 3.64. The van der Waals surface area contributed by atoms with Crippen LogP contribution in [-0.2, 0) is 19.1 Å². The van der Waals surface area contributed by atoms with Gasteiger partial charge in [-0.25, -0.2) is 0 Å². The Labute approximate surface area is 413 Å². The molecule has 0 aliphatic heterocycles. The summed E-state index contributed by atoms with van der Waals surface area (Å²) in [5.41, 5.74) is 0.